The first-order chi connectivity index (χ1) is 9.88. The molecule has 1 amide bonds. The zero-order valence-electron chi connectivity index (χ0n) is 11.1. The molecule has 1 saturated heterocycles. The first-order valence-corrected chi connectivity index (χ1v) is 8.37. The highest BCUT2D eigenvalue weighted by molar-refractivity contribution is 14.1. The average Bonchev–Trinajstić information content (AvgIpc) is 2.41. The summed E-state index contributed by atoms with van der Waals surface area (Å²) in [5, 5.41) is 9.75. The topological polar surface area (TPSA) is 57.6 Å². The van der Waals surface area contributed by atoms with E-state index in [9.17, 15) is 9.59 Å². The average molecular weight is 442 g/mol. The van der Waals surface area contributed by atoms with Gasteiger partial charge in [-0.2, -0.15) is 0 Å². The van der Waals surface area contributed by atoms with Crippen molar-refractivity contribution in [2.75, 3.05) is 13.1 Å². The van der Waals surface area contributed by atoms with Crippen molar-refractivity contribution in [2.45, 2.75) is 19.3 Å². The second-order valence-electron chi connectivity index (χ2n) is 5.11. The van der Waals surface area contributed by atoms with Crippen LogP contribution in [-0.4, -0.2) is 35.0 Å². The lowest BCUT2D eigenvalue weighted by molar-refractivity contribution is -0.138. The molecule has 0 bridgehead atoms. The lowest BCUT2D eigenvalue weighted by Gasteiger charge is -2.32. The Morgan fingerprint density at radius 3 is 2.76 bits per heavy atom. The highest BCUT2D eigenvalue weighted by Crippen LogP contribution is 2.29. The molecule has 1 heterocycles. The van der Waals surface area contributed by atoms with Crippen LogP contribution in [0.15, 0.2) is 12.1 Å². The van der Waals surface area contributed by atoms with Crippen LogP contribution in [0.2, 0.25) is 10.0 Å². The maximum Gasteiger partial charge on any atom is 0.303 e. The van der Waals surface area contributed by atoms with E-state index in [2.05, 4.69) is 0 Å². The number of aliphatic carboxylic acids is 1. The molecule has 1 aliphatic rings. The second-order valence-corrected chi connectivity index (χ2v) is 7.03. The molecule has 0 aliphatic carbocycles. The molecule has 7 heteroatoms. The van der Waals surface area contributed by atoms with E-state index in [1.54, 1.807) is 17.0 Å². The van der Waals surface area contributed by atoms with Crippen molar-refractivity contribution in [3.8, 4) is 0 Å². The minimum Gasteiger partial charge on any atom is -0.481 e. The van der Waals surface area contributed by atoms with Crippen LogP contribution < -0.4 is 0 Å². The van der Waals surface area contributed by atoms with Gasteiger partial charge in [0.05, 0.1) is 10.6 Å². The third-order valence-electron chi connectivity index (χ3n) is 3.49. The van der Waals surface area contributed by atoms with Gasteiger partial charge in [-0.15, -0.1) is 0 Å². The van der Waals surface area contributed by atoms with E-state index in [-0.39, 0.29) is 18.2 Å². The predicted molar refractivity (Wildman–Crippen MR) is 90.1 cm³/mol. The molecular formula is C14H14Cl2INO3. The Bertz CT molecular complexity index is 580. The van der Waals surface area contributed by atoms with Crippen molar-refractivity contribution in [3.63, 3.8) is 0 Å². The summed E-state index contributed by atoms with van der Waals surface area (Å²) in [5.74, 6) is -0.957. The van der Waals surface area contributed by atoms with Crippen molar-refractivity contribution in [3.05, 3.63) is 31.3 Å². The molecule has 0 aromatic heterocycles. The van der Waals surface area contributed by atoms with Crippen LogP contribution in [0.25, 0.3) is 0 Å². The molecule has 21 heavy (non-hydrogen) atoms. The molecule has 0 radical (unpaired) electrons. The van der Waals surface area contributed by atoms with Crippen molar-refractivity contribution in [1.82, 2.24) is 4.90 Å². The van der Waals surface area contributed by atoms with Gasteiger partial charge in [0.1, 0.15) is 0 Å². The minimum atomic E-state index is -0.824. The van der Waals surface area contributed by atoms with E-state index in [0.29, 0.717) is 32.3 Å². The zero-order valence-corrected chi connectivity index (χ0v) is 14.8. The fraction of sp³-hybridized carbons (Fsp3) is 0.429. The van der Waals surface area contributed by atoms with Gasteiger partial charge in [0.25, 0.3) is 5.91 Å². The number of carboxylic acid groups (broad SMARTS) is 1. The Balaban J connectivity index is 2.18. The minimum absolute atomic E-state index is 0.00696. The summed E-state index contributed by atoms with van der Waals surface area (Å²) in [4.78, 5) is 25.1. The number of hydrogen-bond donors (Lipinski definition) is 1. The SMILES string of the molecule is O=C(O)CC1CCCN(C(=O)c2cc(Cl)cc(Cl)c2I)C1. The molecule has 4 nitrogen and oxygen atoms in total. The number of carbonyl (C=O) groups is 2. The Kier molecular flexibility index (Phi) is 5.73. The number of carboxylic acids is 1. The lowest BCUT2D eigenvalue weighted by Crippen LogP contribution is -2.40. The molecule has 1 aromatic rings. The van der Waals surface area contributed by atoms with Gasteiger partial charge in [-0.25, -0.2) is 0 Å². The zero-order chi connectivity index (χ0) is 15.6. The largest absolute Gasteiger partial charge is 0.481 e. The third-order valence-corrected chi connectivity index (χ3v) is 5.49. The molecule has 0 saturated carbocycles. The van der Waals surface area contributed by atoms with Gasteiger partial charge < -0.3 is 10.0 Å². The molecular weight excluding hydrogens is 428 g/mol. The molecule has 1 unspecified atom stereocenters. The molecule has 1 fully saturated rings. The number of nitrogens with zero attached hydrogens (tertiary/aromatic N) is 1. The highest BCUT2D eigenvalue weighted by Gasteiger charge is 2.27. The molecule has 1 aromatic carbocycles. The van der Waals surface area contributed by atoms with Crippen LogP contribution in [0, 0.1) is 9.49 Å². The van der Waals surface area contributed by atoms with E-state index in [4.69, 9.17) is 28.3 Å². The smallest absolute Gasteiger partial charge is 0.303 e. The quantitative estimate of drug-likeness (QED) is 0.571. The number of piperidine rings is 1. The summed E-state index contributed by atoms with van der Waals surface area (Å²) in [5.41, 5.74) is 0.476. The first-order valence-electron chi connectivity index (χ1n) is 6.54. The molecule has 1 atom stereocenters. The van der Waals surface area contributed by atoms with Crippen LogP contribution in [0.1, 0.15) is 29.6 Å². The van der Waals surface area contributed by atoms with Crippen LogP contribution in [0.4, 0.5) is 0 Å². The highest BCUT2D eigenvalue weighted by atomic mass is 127. The van der Waals surface area contributed by atoms with E-state index >= 15 is 0 Å². The van der Waals surface area contributed by atoms with Gasteiger partial charge in [0.15, 0.2) is 0 Å². The van der Waals surface area contributed by atoms with E-state index < -0.39 is 5.97 Å². The normalized spacial score (nSPS) is 18.6. The Morgan fingerprint density at radius 1 is 1.38 bits per heavy atom. The van der Waals surface area contributed by atoms with E-state index in [1.807, 2.05) is 22.6 Å². The maximum atomic E-state index is 12.6. The summed E-state index contributed by atoms with van der Waals surface area (Å²) < 4.78 is 0.670. The molecule has 1 N–H and O–H groups in total. The van der Waals surface area contributed by atoms with Crippen molar-refractivity contribution in [2.24, 2.45) is 5.92 Å². The molecule has 2 rings (SSSR count). The van der Waals surface area contributed by atoms with Crippen LogP contribution in [-0.2, 0) is 4.79 Å². The first kappa shape index (κ1) is 16.8. The van der Waals surface area contributed by atoms with Gasteiger partial charge in [0, 0.05) is 28.1 Å². The predicted octanol–water partition coefficient (Wildman–Crippen LogP) is 3.92. The number of amides is 1. The van der Waals surface area contributed by atoms with Gasteiger partial charge in [-0.05, 0) is 53.5 Å². The fourth-order valence-electron chi connectivity index (χ4n) is 2.55. The van der Waals surface area contributed by atoms with E-state index in [0.717, 1.165) is 12.8 Å². The fourth-order valence-corrected chi connectivity index (χ4v) is 3.58. The van der Waals surface area contributed by atoms with Crippen molar-refractivity contribution in [1.29, 1.82) is 0 Å². The third kappa shape index (κ3) is 4.23. The number of rotatable bonds is 3. The molecule has 114 valence electrons. The van der Waals surface area contributed by atoms with Gasteiger partial charge in [0.2, 0.25) is 0 Å². The summed E-state index contributed by atoms with van der Waals surface area (Å²) in [6.07, 6.45) is 1.75. The summed E-state index contributed by atoms with van der Waals surface area (Å²) >= 11 is 14.1. The number of halogens is 3. The van der Waals surface area contributed by atoms with Crippen molar-refractivity contribution < 1.29 is 14.7 Å². The standard InChI is InChI=1S/C14H14Cl2INO3/c15-9-5-10(13(17)11(16)6-9)14(21)18-3-1-2-8(7-18)4-12(19)20/h5-6,8H,1-4,7H2,(H,19,20). The Morgan fingerprint density at radius 2 is 2.10 bits per heavy atom. The van der Waals surface area contributed by atoms with Crippen LogP contribution >= 0.6 is 45.8 Å². The summed E-state index contributed by atoms with van der Waals surface area (Å²) in [6, 6.07) is 3.21. The Hall–Kier alpha value is -0.530. The summed E-state index contributed by atoms with van der Waals surface area (Å²) in [6.45, 7) is 1.10. The molecule has 0 spiro atoms. The number of likely N-dealkylation sites (tertiary alicyclic amines) is 1. The van der Waals surface area contributed by atoms with Crippen LogP contribution in [0.3, 0.4) is 0 Å². The second kappa shape index (κ2) is 7.15. The lowest BCUT2D eigenvalue weighted by atomic mass is 9.94. The van der Waals surface area contributed by atoms with Crippen LogP contribution in [0.5, 0.6) is 0 Å². The maximum absolute atomic E-state index is 12.6. The number of hydrogen-bond acceptors (Lipinski definition) is 2. The summed E-state index contributed by atoms with van der Waals surface area (Å²) in [7, 11) is 0. The van der Waals surface area contributed by atoms with Gasteiger partial charge in [-0.3, -0.25) is 9.59 Å². The molecule has 1 aliphatic heterocycles. The number of benzene rings is 1. The van der Waals surface area contributed by atoms with E-state index in [1.165, 1.54) is 0 Å². The Labute approximate surface area is 146 Å². The van der Waals surface area contributed by atoms with Crippen molar-refractivity contribution >= 4 is 57.7 Å². The van der Waals surface area contributed by atoms with Gasteiger partial charge in [-0.1, -0.05) is 23.2 Å². The van der Waals surface area contributed by atoms with Gasteiger partial charge >= 0.3 is 5.97 Å². The number of carbonyl (C=O) groups excluding carboxylic acids is 1. The monoisotopic (exact) mass is 441 g/mol.